The van der Waals surface area contributed by atoms with Gasteiger partial charge in [-0.15, -0.1) is 0 Å². The summed E-state index contributed by atoms with van der Waals surface area (Å²) in [4.78, 5) is 59.9. The maximum atomic E-state index is 11.9. The summed E-state index contributed by atoms with van der Waals surface area (Å²) in [7, 11) is 0. The van der Waals surface area contributed by atoms with Crippen LogP contribution >= 0.6 is 0 Å². The number of hydrogen-bond donors (Lipinski definition) is 4. The lowest BCUT2D eigenvalue weighted by molar-refractivity contribution is -0.139. The number of carboxylic acids is 1. The van der Waals surface area contributed by atoms with Crippen molar-refractivity contribution in [2.45, 2.75) is 65.1 Å². The molecule has 1 aromatic heterocycles. The van der Waals surface area contributed by atoms with Crippen molar-refractivity contribution in [1.82, 2.24) is 20.2 Å². The minimum absolute atomic E-state index is 0.170. The van der Waals surface area contributed by atoms with Gasteiger partial charge in [0.15, 0.2) is 0 Å². The van der Waals surface area contributed by atoms with Gasteiger partial charge in [-0.2, -0.15) is 0 Å². The van der Waals surface area contributed by atoms with E-state index in [1.165, 1.54) is 13.1 Å². The van der Waals surface area contributed by atoms with Crippen molar-refractivity contribution in [2.75, 3.05) is 6.54 Å². The minimum atomic E-state index is -1.17. The van der Waals surface area contributed by atoms with E-state index in [9.17, 15) is 29.1 Å². The Balaban J connectivity index is 2.39. The fraction of sp³-hybridized carbons (Fsp3) is 0.611. The highest BCUT2D eigenvalue weighted by atomic mass is 16.6. The highest BCUT2D eigenvalue weighted by Crippen LogP contribution is 2.08. The number of amides is 2. The lowest BCUT2D eigenvalue weighted by atomic mass is 10.1. The van der Waals surface area contributed by atoms with E-state index in [4.69, 9.17) is 4.74 Å². The number of hydrogen-bond acceptors (Lipinski definition) is 6. The van der Waals surface area contributed by atoms with Gasteiger partial charge < -0.3 is 20.5 Å². The number of aliphatic carboxylic acids is 1. The maximum Gasteiger partial charge on any atom is 0.408 e. The number of carbonyl (C=O) groups excluding carboxylic acids is 2. The molecule has 0 spiro atoms. The Labute approximate surface area is 167 Å². The largest absolute Gasteiger partial charge is 0.480 e. The first-order valence-electron chi connectivity index (χ1n) is 9.18. The molecule has 0 bridgehead atoms. The van der Waals surface area contributed by atoms with E-state index in [2.05, 4.69) is 15.6 Å². The van der Waals surface area contributed by atoms with Crippen LogP contribution in [0.5, 0.6) is 0 Å². The summed E-state index contributed by atoms with van der Waals surface area (Å²) in [6, 6.07) is -1.09. The molecule has 1 atom stereocenters. The zero-order valence-corrected chi connectivity index (χ0v) is 17.0. The average Bonchev–Trinajstić information content (AvgIpc) is 2.56. The highest BCUT2D eigenvalue weighted by Gasteiger charge is 2.23. The third kappa shape index (κ3) is 9.08. The van der Waals surface area contributed by atoms with Crippen LogP contribution in [0, 0.1) is 6.92 Å². The summed E-state index contributed by atoms with van der Waals surface area (Å²) in [5, 5.41) is 14.1. The first-order valence-corrected chi connectivity index (χ1v) is 9.18. The number of nitrogens with one attached hydrogen (secondary N) is 3. The van der Waals surface area contributed by atoms with E-state index < -0.39 is 40.9 Å². The zero-order valence-electron chi connectivity index (χ0n) is 17.0. The highest BCUT2D eigenvalue weighted by molar-refractivity contribution is 5.80. The van der Waals surface area contributed by atoms with Gasteiger partial charge in [0.2, 0.25) is 5.91 Å². The maximum absolute atomic E-state index is 11.9. The number of alkyl carbamates (subject to hydrolysis) is 1. The molecule has 29 heavy (non-hydrogen) atoms. The van der Waals surface area contributed by atoms with Crippen molar-refractivity contribution in [2.24, 2.45) is 0 Å². The van der Waals surface area contributed by atoms with E-state index in [0.717, 1.165) is 4.57 Å². The Morgan fingerprint density at radius 3 is 2.48 bits per heavy atom. The number of carbonyl (C=O) groups is 3. The van der Waals surface area contributed by atoms with Gasteiger partial charge in [-0.05, 0) is 47.0 Å². The van der Waals surface area contributed by atoms with Gasteiger partial charge in [0.05, 0.1) is 0 Å². The first kappa shape index (κ1) is 23.9. The Hall–Kier alpha value is -3.11. The molecule has 0 aromatic carbocycles. The van der Waals surface area contributed by atoms with Crippen LogP contribution in [-0.4, -0.2) is 50.8 Å². The molecule has 1 aromatic rings. The van der Waals surface area contributed by atoms with Crippen LogP contribution in [0.4, 0.5) is 4.79 Å². The molecule has 0 saturated heterocycles. The van der Waals surface area contributed by atoms with Crippen LogP contribution in [0.1, 0.15) is 45.6 Å². The van der Waals surface area contributed by atoms with Gasteiger partial charge in [-0.3, -0.25) is 19.1 Å². The van der Waals surface area contributed by atoms with Crippen molar-refractivity contribution >= 4 is 18.0 Å². The minimum Gasteiger partial charge on any atom is -0.480 e. The van der Waals surface area contributed by atoms with E-state index in [-0.39, 0.29) is 19.5 Å². The number of carboxylic acid groups (broad SMARTS) is 1. The predicted molar refractivity (Wildman–Crippen MR) is 104 cm³/mol. The average molecular weight is 412 g/mol. The smallest absolute Gasteiger partial charge is 0.408 e. The van der Waals surface area contributed by atoms with Crippen molar-refractivity contribution in [1.29, 1.82) is 0 Å². The number of rotatable bonds is 9. The second-order valence-electron chi connectivity index (χ2n) is 7.58. The SMILES string of the molecule is Cc1cn(CC(=O)NCCCC[C@H](NC(=O)OC(C)(C)C)C(=O)O)c(=O)[nH]c1=O. The second-order valence-corrected chi connectivity index (χ2v) is 7.58. The lowest BCUT2D eigenvalue weighted by Crippen LogP contribution is -2.43. The summed E-state index contributed by atoms with van der Waals surface area (Å²) in [6.07, 6.45) is 1.58. The zero-order chi connectivity index (χ0) is 22.2. The number of aromatic amines is 1. The molecule has 0 radical (unpaired) electrons. The van der Waals surface area contributed by atoms with E-state index >= 15 is 0 Å². The molecule has 0 unspecified atom stereocenters. The number of H-pyrrole nitrogens is 1. The van der Waals surface area contributed by atoms with Crippen LogP contribution in [0.3, 0.4) is 0 Å². The quantitative estimate of drug-likeness (QED) is 0.419. The van der Waals surface area contributed by atoms with Crippen LogP contribution < -0.4 is 21.9 Å². The van der Waals surface area contributed by atoms with E-state index in [0.29, 0.717) is 18.4 Å². The molecule has 0 fully saturated rings. The van der Waals surface area contributed by atoms with E-state index in [1.807, 2.05) is 0 Å². The molecule has 0 aliphatic rings. The summed E-state index contributed by atoms with van der Waals surface area (Å²) in [5.74, 6) is -1.59. The summed E-state index contributed by atoms with van der Waals surface area (Å²) in [6.45, 7) is 6.58. The standard InChI is InChI=1S/C18H28N4O7/c1-11-9-22(16(27)21-14(11)24)10-13(23)19-8-6-5-7-12(15(25)26)20-17(28)29-18(2,3)4/h9,12H,5-8,10H2,1-4H3,(H,19,23)(H,20,28)(H,25,26)(H,21,24,27)/t12-/m0/s1. The van der Waals surface area contributed by atoms with Crippen LogP contribution in [0.25, 0.3) is 0 Å². The third-order valence-electron chi connectivity index (χ3n) is 3.73. The molecule has 0 saturated carbocycles. The molecule has 2 amide bonds. The fourth-order valence-corrected chi connectivity index (χ4v) is 2.36. The Kier molecular flexibility index (Phi) is 8.61. The molecule has 11 nitrogen and oxygen atoms in total. The van der Waals surface area contributed by atoms with Gasteiger partial charge >= 0.3 is 17.8 Å². The predicted octanol–water partition coefficient (Wildman–Crippen LogP) is 0.109. The normalized spacial score (nSPS) is 12.1. The lowest BCUT2D eigenvalue weighted by Gasteiger charge is -2.22. The fourth-order valence-electron chi connectivity index (χ4n) is 2.36. The first-order chi connectivity index (χ1) is 13.4. The molecule has 0 aliphatic heterocycles. The summed E-state index contributed by atoms with van der Waals surface area (Å²) in [5.41, 5.74) is -1.59. The number of ether oxygens (including phenoxy) is 1. The molecular formula is C18H28N4O7. The summed E-state index contributed by atoms with van der Waals surface area (Å²) < 4.78 is 6.13. The van der Waals surface area contributed by atoms with Crippen molar-refractivity contribution < 1.29 is 24.2 Å². The summed E-state index contributed by atoms with van der Waals surface area (Å²) >= 11 is 0. The topological polar surface area (TPSA) is 160 Å². The number of nitrogens with zero attached hydrogens (tertiary/aromatic N) is 1. The van der Waals surface area contributed by atoms with Crippen LogP contribution in [-0.2, 0) is 20.9 Å². The number of aromatic nitrogens is 2. The van der Waals surface area contributed by atoms with Crippen molar-refractivity contribution in [3.05, 3.63) is 32.6 Å². The Morgan fingerprint density at radius 1 is 1.24 bits per heavy atom. The van der Waals surface area contributed by atoms with Crippen LogP contribution in [0.2, 0.25) is 0 Å². The Bertz CT molecular complexity index is 851. The van der Waals surface area contributed by atoms with Gasteiger partial charge in [0, 0.05) is 18.3 Å². The number of aryl methyl sites for hydroxylation is 1. The van der Waals surface area contributed by atoms with Gasteiger partial charge in [0.1, 0.15) is 18.2 Å². The third-order valence-corrected chi connectivity index (χ3v) is 3.73. The van der Waals surface area contributed by atoms with Gasteiger partial charge in [0.25, 0.3) is 5.56 Å². The van der Waals surface area contributed by atoms with Crippen molar-refractivity contribution in [3.8, 4) is 0 Å². The molecule has 4 N–H and O–H groups in total. The number of unbranched alkanes of at least 4 members (excludes halogenated alkanes) is 1. The van der Waals surface area contributed by atoms with Gasteiger partial charge in [-0.25, -0.2) is 14.4 Å². The van der Waals surface area contributed by atoms with Crippen LogP contribution in [0.15, 0.2) is 15.8 Å². The monoisotopic (exact) mass is 412 g/mol. The molecular weight excluding hydrogens is 384 g/mol. The Morgan fingerprint density at radius 2 is 1.90 bits per heavy atom. The molecule has 162 valence electrons. The molecule has 1 heterocycles. The second kappa shape index (κ2) is 10.4. The van der Waals surface area contributed by atoms with E-state index in [1.54, 1.807) is 20.8 Å². The molecule has 1 rings (SSSR count). The molecule has 0 aliphatic carbocycles. The van der Waals surface area contributed by atoms with Crippen molar-refractivity contribution in [3.63, 3.8) is 0 Å². The molecule has 11 heteroatoms. The van der Waals surface area contributed by atoms with Gasteiger partial charge in [-0.1, -0.05) is 0 Å².